The summed E-state index contributed by atoms with van der Waals surface area (Å²) in [5.41, 5.74) is 3.08. The molecular formula is C21H19ClN4O2. The average molecular weight is 395 g/mol. The summed E-state index contributed by atoms with van der Waals surface area (Å²) in [7, 11) is 0. The topological polar surface area (TPSA) is 83.8 Å². The van der Waals surface area contributed by atoms with Crippen molar-refractivity contribution in [2.24, 2.45) is 0 Å². The van der Waals surface area contributed by atoms with Crippen LogP contribution in [-0.2, 0) is 17.6 Å². The third-order valence-electron chi connectivity index (χ3n) is 4.51. The van der Waals surface area contributed by atoms with Crippen molar-refractivity contribution in [3.8, 4) is 11.4 Å². The van der Waals surface area contributed by atoms with Crippen molar-refractivity contribution in [1.82, 2.24) is 20.4 Å². The molecule has 0 spiro atoms. The van der Waals surface area contributed by atoms with Gasteiger partial charge < -0.3 is 14.8 Å². The number of benzene rings is 2. The molecule has 7 heteroatoms. The molecule has 0 fully saturated rings. The van der Waals surface area contributed by atoms with E-state index in [2.05, 4.69) is 26.5 Å². The molecule has 0 bridgehead atoms. The predicted molar refractivity (Wildman–Crippen MR) is 108 cm³/mol. The Bertz CT molecular complexity index is 1100. The molecule has 0 radical (unpaired) electrons. The fourth-order valence-corrected chi connectivity index (χ4v) is 3.28. The number of nitrogens with zero attached hydrogens (tertiary/aromatic N) is 2. The maximum absolute atomic E-state index is 12.1. The number of para-hydroxylation sites is 1. The zero-order valence-electron chi connectivity index (χ0n) is 15.1. The van der Waals surface area contributed by atoms with Crippen molar-refractivity contribution in [2.45, 2.75) is 19.3 Å². The number of fused-ring (bicyclic) bond motifs is 1. The highest BCUT2D eigenvalue weighted by molar-refractivity contribution is 6.30. The maximum Gasteiger partial charge on any atom is 0.227 e. The van der Waals surface area contributed by atoms with Crippen LogP contribution in [0.15, 0.2) is 59.3 Å². The largest absolute Gasteiger partial charge is 0.361 e. The van der Waals surface area contributed by atoms with Crippen LogP contribution in [0.2, 0.25) is 5.02 Å². The summed E-state index contributed by atoms with van der Waals surface area (Å²) in [4.78, 5) is 19.7. The van der Waals surface area contributed by atoms with Crippen molar-refractivity contribution < 1.29 is 9.32 Å². The van der Waals surface area contributed by atoms with Crippen LogP contribution in [0.25, 0.3) is 22.3 Å². The van der Waals surface area contributed by atoms with Gasteiger partial charge in [-0.05, 0) is 30.2 Å². The Kier molecular flexibility index (Phi) is 5.39. The van der Waals surface area contributed by atoms with Crippen molar-refractivity contribution >= 4 is 28.4 Å². The molecule has 2 heterocycles. The van der Waals surface area contributed by atoms with E-state index in [4.69, 9.17) is 16.1 Å². The number of halogens is 1. The number of aromatic nitrogens is 3. The molecule has 0 saturated heterocycles. The SMILES string of the molecule is O=C(CCc1nc(-c2cccc(Cl)c2)no1)NCCc1c[nH]c2ccccc12. The monoisotopic (exact) mass is 394 g/mol. The Morgan fingerprint density at radius 3 is 2.93 bits per heavy atom. The van der Waals surface area contributed by atoms with Gasteiger partial charge in [0.05, 0.1) is 0 Å². The Balaban J connectivity index is 1.26. The number of aromatic amines is 1. The van der Waals surface area contributed by atoms with Gasteiger partial charge in [0, 0.05) is 47.1 Å². The fraction of sp³-hybridized carbons (Fsp3) is 0.190. The molecule has 142 valence electrons. The first-order valence-electron chi connectivity index (χ1n) is 9.09. The quantitative estimate of drug-likeness (QED) is 0.493. The van der Waals surface area contributed by atoms with Gasteiger partial charge in [-0.2, -0.15) is 4.98 Å². The lowest BCUT2D eigenvalue weighted by molar-refractivity contribution is -0.121. The standard InChI is InChI=1S/C21H19ClN4O2/c22-16-5-3-4-14(12-16)21-25-20(28-26-21)9-8-19(27)23-11-10-15-13-24-18-7-2-1-6-17(15)18/h1-7,12-13,24H,8-11H2,(H,23,27). The molecule has 2 aromatic carbocycles. The summed E-state index contributed by atoms with van der Waals surface area (Å²) >= 11 is 5.98. The molecule has 0 aliphatic carbocycles. The van der Waals surface area contributed by atoms with E-state index in [1.807, 2.05) is 36.5 Å². The molecule has 6 nitrogen and oxygen atoms in total. The van der Waals surface area contributed by atoms with E-state index < -0.39 is 0 Å². The maximum atomic E-state index is 12.1. The van der Waals surface area contributed by atoms with Crippen LogP contribution in [-0.4, -0.2) is 27.6 Å². The number of amides is 1. The van der Waals surface area contributed by atoms with Crippen LogP contribution >= 0.6 is 11.6 Å². The molecule has 0 unspecified atom stereocenters. The van der Waals surface area contributed by atoms with Crippen LogP contribution in [0.1, 0.15) is 17.9 Å². The van der Waals surface area contributed by atoms with Crippen LogP contribution in [0.4, 0.5) is 0 Å². The van der Waals surface area contributed by atoms with Gasteiger partial charge in [-0.3, -0.25) is 4.79 Å². The summed E-state index contributed by atoms with van der Waals surface area (Å²) in [5.74, 6) is 0.862. The highest BCUT2D eigenvalue weighted by Gasteiger charge is 2.11. The number of aryl methyl sites for hydroxylation is 1. The molecule has 0 aliphatic heterocycles. The first-order chi connectivity index (χ1) is 13.7. The molecule has 0 saturated carbocycles. The van der Waals surface area contributed by atoms with E-state index in [1.54, 1.807) is 12.1 Å². The lowest BCUT2D eigenvalue weighted by atomic mass is 10.1. The van der Waals surface area contributed by atoms with Gasteiger partial charge in [0.25, 0.3) is 0 Å². The van der Waals surface area contributed by atoms with Crippen molar-refractivity contribution in [3.63, 3.8) is 0 Å². The van der Waals surface area contributed by atoms with Gasteiger partial charge in [-0.1, -0.05) is 47.1 Å². The molecular weight excluding hydrogens is 376 g/mol. The molecule has 4 rings (SSSR count). The van der Waals surface area contributed by atoms with E-state index in [9.17, 15) is 4.79 Å². The summed E-state index contributed by atoms with van der Waals surface area (Å²) in [5, 5.41) is 8.69. The number of carbonyl (C=O) groups excluding carboxylic acids is 1. The van der Waals surface area contributed by atoms with Crippen LogP contribution < -0.4 is 5.32 Å². The van der Waals surface area contributed by atoms with E-state index in [0.29, 0.717) is 36.1 Å². The Morgan fingerprint density at radius 1 is 1.14 bits per heavy atom. The smallest absolute Gasteiger partial charge is 0.227 e. The molecule has 2 aromatic heterocycles. The Hall–Kier alpha value is -3.12. The third kappa shape index (κ3) is 4.23. The van der Waals surface area contributed by atoms with Gasteiger partial charge in [0.2, 0.25) is 17.6 Å². The summed E-state index contributed by atoms with van der Waals surface area (Å²) in [6, 6.07) is 15.4. The highest BCUT2D eigenvalue weighted by atomic mass is 35.5. The van der Waals surface area contributed by atoms with Crippen LogP contribution in [0.3, 0.4) is 0 Å². The second kappa shape index (κ2) is 8.27. The van der Waals surface area contributed by atoms with E-state index in [1.165, 1.54) is 10.9 Å². The van der Waals surface area contributed by atoms with E-state index in [-0.39, 0.29) is 5.91 Å². The lowest BCUT2D eigenvalue weighted by Crippen LogP contribution is -2.25. The molecule has 2 N–H and O–H groups in total. The number of nitrogens with one attached hydrogen (secondary N) is 2. The minimum absolute atomic E-state index is 0.0395. The predicted octanol–water partition coefficient (Wildman–Crippen LogP) is 4.16. The van der Waals surface area contributed by atoms with Crippen molar-refractivity contribution in [3.05, 3.63) is 71.2 Å². The van der Waals surface area contributed by atoms with Crippen LogP contribution in [0, 0.1) is 0 Å². The van der Waals surface area contributed by atoms with Gasteiger partial charge in [0.1, 0.15) is 0 Å². The van der Waals surface area contributed by atoms with Crippen LogP contribution in [0.5, 0.6) is 0 Å². The normalized spacial score (nSPS) is 11.0. The minimum atomic E-state index is -0.0395. The fourth-order valence-electron chi connectivity index (χ4n) is 3.09. The average Bonchev–Trinajstić information content (AvgIpc) is 3.34. The zero-order chi connectivity index (χ0) is 19.3. The van der Waals surface area contributed by atoms with Crippen molar-refractivity contribution in [1.29, 1.82) is 0 Å². The van der Waals surface area contributed by atoms with Gasteiger partial charge in [0.15, 0.2) is 0 Å². The second-order valence-corrected chi connectivity index (χ2v) is 6.92. The minimum Gasteiger partial charge on any atom is -0.361 e. The number of H-pyrrole nitrogens is 1. The number of hydrogen-bond donors (Lipinski definition) is 2. The van der Waals surface area contributed by atoms with E-state index >= 15 is 0 Å². The summed E-state index contributed by atoms with van der Waals surface area (Å²) < 4.78 is 5.23. The molecule has 28 heavy (non-hydrogen) atoms. The van der Waals surface area contributed by atoms with Crippen molar-refractivity contribution in [2.75, 3.05) is 6.54 Å². The van der Waals surface area contributed by atoms with E-state index in [0.717, 1.165) is 17.5 Å². The number of rotatable bonds is 7. The lowest BCUT2D eigenvalue weighted by Gasteiger charge is -2.03. The molecule has 0 atom stereocenters. The first kappa shape index (κ1) is 18.3. The molecule has 0 aliphatic rings. The highest BCUT2D eigenvalue weighted by Crippen LogP contribution is 2.20. The first-order valence-corrected chi connectivity index (χ1v) is 9.47. The molecule has 4 aromatic rings. The second-order valence-electron chi connectivity index (χ2n) is 6.48. The van der Waals surface area contributed by atoms with Gasteiger partial charge in [-0.15, -0.1) is 0 Å². The molecule has 1 amide bonds. The number of carbonyl (C=O) groups is 1. The summed E-state index contributed by atoms with van der Waals surface area (Å²) in [6.45, 7) is 0.582. The third-order valence-corrected chi connectivity index (χ3v) is 4.74. The summed E-state index contributed by atoms with van der Waals surface area (Å²) in [6.07, 6.45) is 3.46. The Morgan fingerprint density at radius 2 is 2.04 bits per heavy atom. The van der Waals surface area contributed by atoms with Gasteiger partial charge >= 0.3 is 0 Å². The zero-order valence-corrected chi connectivity index (χ0v) is 15.9. The number of hydrogen-bond acceptors (Lipinski definition) is 4. The Labute approximate surface area is 166 Å². The van der Waals surface area contributed by atoms with Gasteiger partial charge in [-0.25, -0.2) is 0 Å².